The van der Waals surface area contributed by atoms with E-state index in [1.807, 2.05) is 0 Å². The predicted octanol–water partition coefficient (Wildman–Crippen LogP) is 3.92. The van der Waals surface area contributed by atoms with E-state index >= 15 is 0 Å². The summed E-state index contributed by atoms with van der Waals surface area (Å²) in [5.74, 6) is -0.0625. The molecule has 104 valence electrons. The molecule has 0 saturated heterocycles. The number of ether oxygens (including phenoxy) is 1. The van der Waals surface area contributed by atoms with Crippen LogP contribution in [0.15, 0.2) is 42.5 Å². The van der Waals surface area contributed by atoms with Crippen LogP contribution in [0.2, 0.25) is 5.02 Å². The lowest BCUT2D eigenvalue weighted by molar-refractivity contribution is -0.384. The van der Waals surface area contributed by atoms with Gasteiger partial charge in [0.2, 0.25) is 0 Å². The molecule has 2 aromatic carbocycles. The van der Waals surface area contributed by atoms with Gasteiger partial charge in [-0.3, -0.25) is 10.1 Å². The number of hydrogen-bond acceptors (Lipinski definition) is 4. The average molecular weight is 302 g/mol. The third kappa shape index (κ3) is 2.39. The Hall–Kier alpha value is -2.66. The molecule has 0 aromatic heterocycles. The number of carbonyl (C=O) groups excluding carboxylic acids is 1. The van der Waals surface area contributed by atoms with Crippen molar-refractivity contribution in [3.63, 3.8) is 0 Å². The Morgan fingerprint density at radius 1 is 1.14 bits per heavy atom. The number of cyclic esters (lactones) is 1. The molecule has 0 bridgehead atoms. The van der Waals surface area contributed by atoms with Gasteiger partial charge < -0.3 is 4.74 Å². The van der Waals surface area contributed by atoms with E-state index in [0.717, 1.165) is 0 Å². The second-order valence-electron chi connectivity index (χ2n) is 4.41. The minimum absolute atomic E-state index is 0.0611. The van der Waals surface area contributed by atoms with Crippen molar-refractivity contribution in [2.45, 2.75) is 0 Å². The maximum atomic E-state index is 11.7. The highest BCUT2D eigenvalue weighted by atomic mass is 35.5. The van der Waals surface area contributed by atoms with Crippen LogP contribution in [-0.4, -0.2) is 10.9 Å². The van der Waals surface area contributed by atoms with Gasteiger partial charge in [0.15, 0.2) is 0 Å². The Morgan fingerprint density at radius 2 is 1.86 bits per heavy atom. The number of hydrogen-bond donors (Lipinski definition) is 0. The molecule has 0 amide bonds. The average Bonchev–Trinajstić information content (AvgIpc) is 2.78. The van der Waals surface area contributed by atoms with E-state index in [4.69, 9.17) is 16.3 Å². The summed E-state index contributed by atoms with van der Waals surface area (Å²) in [7, 11) is 0. The first-order valence-corrected chi connectivity index (χ1v) is 6.41. The molecule has 0 fully saturated rings. The first-order valence-electron chi connectivity index (χ1n) is 6.03. The van der Waals surface area contributed by atoms with E-state index in [2.05, 4.69) is 0 Å². The maximum Gasteiger partial charge on any atom is 0.344 e. The molecule has 0 spiro atoms. The summed E-state index contributed by atoms with van der Waals surface area (Å²) in [5, 5.41) is 10.9. The zero-order valence-corrected chi connectivity index (χ0v) is 11.3. The summed E-state index contributed by atoms with van der Waals surface area (Å²) in [5.41, 5.74) is 1.49. The normalized spacial score (nSPS) is 14.9. The van der Waals surface area contributed by atoms with Gasteiger partial charge >= 0.3 is 5.97 Å². The molecule has 0 N–H and O–H groups in total. The van der Waals surface area contributed by atoms with Crippen molar-refractivity contribution in [3.8, 4) is 0 Å². The lowest BCUT2D eigenvalue weighted by Crippen LogP contribution is -1.92. The Labute approximate surface area is 124 Å². The van der Waals surface area contributed by atoms with E-state index in [1.165, 1.54) is 12.1 Å². The number of nitrogens with zero attached hydrogens (tertiary/aromatic N) is 1. The van der Waals surface area contributed by atoms with Crippen LogP contribution in [-0.2, 0) is 4.74 Å². The molecule has 3 rings (SSSR count). The quantitative estimate of drug-likeness (QED) is 0.479. The van der Waals surface area contributed by atoms with Crippen molar-refractivity contribution in [2.24, 2.45) is 0 Å². The first kappa shape index (κ1) is 13.3. The standard InChI is InChI=1S/C15H8ClNO4/c16-12-6-5-9(7-13(12)17(19)20)8-14-10-3-1-2-4-11(10)15(18)21-14/h1-8H. The van der Waals surface area contributed by atoms with Crippen molar-refractivity contribution in [1.29, 1.82) is 0 Å². The van der Waals surface area contributed by atoms with E-state index in [-0.39, 0.29) is 10.7 Å². The third-order valence-corrected chi connectivity index (χ3v) is 3.40. The summed E-state index contributed by atoms with van der Waals surface area (Å²) in [4.78, 5) is 22.0. The SMILES string of the molecule is O=C1OC(=Cc2ccc(Cl)c([N+](=O)[O-])c2)c2ccccc21. The van der Waals surface area contributed by atoms with Crippen LogP contribution in [0.3, 0.4) is 0 Å². The fourth-order valence-corrected chi connectivity index (χ4v) is 2.29. The lowest BCUT2D eigenvalue weighted by atomic mass is 10.1. The highest BCUT2D eigenvalue weighted by molar-refractivity contribution is 6.32. The van der Waals surface area contributed by atoms with Gasteiger partial charge in [-0.05, 0) is 23.8 Å². The van der Waals surface area contributed by atoms with E-state index in [0.29, 0.717) is 22.4 Å². The molecule has 2 aromatic rings. The predicted molar refractivity (Wildman–Crippen MR) is 77.8 cm³/mol. The van der Waals surface area contributed by atoms with Crippen LogP contribution in [0.25, 0.3) is 11.8 Å². The number of benzene rings is 2. The molecule has 0 aliphatic carbocycles. The molecule has 0 atom stereocenters. The van der Waals surface area contributed by atoms with Gasteiger partial charge in [0.25, 0.3) is 5.69 Å². The van der Waals surface area contributed by atoms with Gasteiger partial charge in [0, 0.05) is 11.6 Å². The van der Waals surface area contributed by atoms with Crippen molar-refractivity contribution in [1.82, 2.24) is 0 Å². The number of halogens is 1. The van der Waals surface area contributed by atoms with Crippen LogP contribution in [0.4, 0.5) is 5.69 Å². The summed E-state index contributed by atoms with van der Waals surface area (Å²) in [6.07, 6.45) is 1.58. The van der Waals surface area contributed by atoms with Gasteiger partial charge in [0.05, 0.1) is 10.5 Å². The highest BCUT2D eigenvalue weighted by Crippen LogP contribution is 2.32. The fraction of sp³-hybridized carbons (Fsp3) is 0. The summed E-state index contributed by atoms with van der Waals surface area (Å²) in [6, 6.07) is 11.4. The molecule has 0 saturated carbocycles. The van der Waals surface area contributed by atoms with Crippen LogP contribution >= 0.6 is 11.6 Å². The van der Waals surface area contributed by atoms with E-state index in [9.17, 15) is 14.9 Å². The Balaban J connectivity index is 2.06. The minimum atomic E-state index is -0.557. The van der Waals surface area contributed by atoms with E-state index in [1.54, 1.807) is 36.4 Å². The van der Waals surface area contributed by atoms with E-state index < -0.39 is 10.9 Å². The smallest absolute Gasteiger partial charge is 0.344 e. The van der Waals surface area contributed by atoms with Gasteiger partial charge in [-0.1, -0.05) is 35.9 Å². The molecule has 1 heterocycles. The molecule has 6 heteroatoms. The zero-order chi connectivity index (χ0) is 15.0. The maximum absolute atomic E-state index is 11.7. The number of carbonyl (C=O) groups is 1. The second kappa shape index (κ2) is 5.03. The molecule has 1 aliphatic heterocycles. The number of nitro benzene ring substituents is 1. The Bertz CT molecular complexity index is 798. The molecular formula is C15H8ClNO4. The molecule has 5 nitrogen and oxygen atoms in total. The summed E-state index contributed by atoms with van der Waals surface area (Å²) in [6.45, 7) is 0. The van der Waals surface area contributed by atoms with Crippen molar-refractivity contribution >= 4 is 35.1 Å². The van der Waals surface area contributed by atoms with Crippen LogP contribution in [0, 0.1) is 10.1 Å². The number of rotatable bonds is 2. The molecule has 21 heavy (non-hydrogen) atoms. The Kier molecular flexibility index (Phi) is 3.19. The Morgan fingerprint density at radius 3 is 2.57 bits per heavy atom. The second-order valence-corrected chi connectivity index (χ2v) is 4.82. The molecule has 1 aliphatic rings. The zero-order valence-electron chi connectivity index (χ0n) is 10.6. The largest absolute Gasteiger partial charge is 0.422 e. The van der Waals surface area contributed by atoms with Crippen LogP contribution < -0.4 is 0 Å². The molecular weight excluding hydrogens is 294 g/mol. The van der Waals surface area contributed by atoms with Crippen molar-refractivity contribution in [2.75, 3.05) is 0 Å². The summed E-state index contributed by atoms with van der Waals surface area (Å²) >= 11 is 5.76. The molecule has 0 radical (unpaired) electrons. The number of nitro groups is 1. The van der Waals surface area contributed by atoms with Gasteiger partial charge in [-0.25, -0.2) is 4.79 Å². The lowest BCUT2D eigenvalue weighted by Gasteiger charge is -2.00. The topological polar surface area (TPSA) is 69.4 Å². The van der Waals surface area contributed by atoms with Crippen molar-refractivity contribution < 1.29 is 14.5 Å². The van der Waals surface area contributed by atoms with Gasteiger partial charge in [-0.2, -0.15) is 0 Å². The highest BCUT2D eigenvalue weighted by Gasteiger charge is 2.25. The summed E-state index contributed by atoms with van der Waals surface area (Å²) < 4.78 is 5.19. The molecule has 0 unspecified atom stereocenters. The van der Waals surface area contributed by atoms with Crippen LogP contribution in [0.1, 0.15) is 21.5 Å². The monoisotopic (exact) mass is 301 g/mol. The number of fused-ring (bicyclic) bond motifs is 1. The van der Waals surface area contributed by atoms with Crippen LogP contribution in [0.5, 0.6) is 0 Å². The fourth-order valence-electron chi connectivity index (χ4n) is 2.10. The number of esters is 1. The minimum Gasteiger partial charge on any atom is -0.422 e. The van der Waals surface area contributed by atoms with Gasteiger partial charge in [-0.15, -0.1) is 0 Å². The van der Waals surface area contributed by atoms with Crippen molar-refractivity contribution in [3.05, 3.63) is 74.3 Å². The third-order valence-electron chi connectivity index (χ3n) is 3.08. The first-order chi connectivity index (χ1) is 10.1. The van der Waals surface area contributed by atoms with Gasteiger partial charge in [0.1, 0.15) is 10.8 Å².